The van der Waals surface area contributed by atoms with E-state index in [-0.39, 0.29) is 6.16 Å². The monoisotopic (exact) mass is 199 g/mol. The highest BCUT2D eigenvalue weighted by atomic mass is 31.2. The van der Waals surface area contributed by atoms with Gasteiger partial charge in [-0.25, -0.2) is 11.9 Å². The van der Waals surface area contributed by atoms with Gasteiger partial charge in [-0.2, -0.15) is 0 Å². The molecule has 1 saturated carbocycles. The molecule has 0 aromatic heterocycles. The fraction of sp³-hybridized carbons (Fsp3) is 0.889. The van der Waals surface area contributed by atoms with Crippen LogP contribution in [-0.4, -0.2) is 37.1 Å². The highest BCUT2D eigenvalue weighted by molar-refractivity contribution is 7.97. The maximum Gasteiger partial charge on any atom is 0.336 e. The van der Waals surface area contributed by atoms with Crippen LogP contribution in [0.25, 0.3) is 0 Å². The molecule has 73 valence electrons. The van der Waals surface area contributed by atoms with E-state index in [4.69, 9.17) is 12.7 Å². The van der Waals surface area contributed by atoms with Crippen molar-refractivity contribution in [3.8, 4) is 0 Å². The molecule has 0 aromatic carbocycles. The minimum atomic E-state index is -1.67. The number of carboxylic acid groups (broad SMARTS) is 1. The average Bonchev–Trinajstić information content (AvgIpc) is 2.04. The van der Waals surface area contributed by atoms with Crippen molar-refractivity contribution in [1.82, 2.24) is 0 Å². The van der Waals surface area contributed by atoms with Crippen LogP contribution in [0.3, 0.4) is 0 Å². The van der Waals surface area contributed by atoms with E-state index in [2.05, 4.69) is 0 Å². The van der Waals surface area contributed by atoms with Gasteiger partial charge in [0.05, 0.1) is 0 Å². The second-order valence-electron chi connectivity index (χ2n) is 4.19. The molecule has 1 N–H and O–H groups in total. The molecule has 1 aliphatic rings. The summed E-state index contributed by atoms with van der Waals surface area (Å²) >= 11 is 0. The largest absolute Gasteiger partial charge is 0.479 e. The smallest absolute Gasteiger partial charge is 0.336 e. The third-order valence-electron chi connectivity index (χ3n) is 2.88. The molecule has 1 fully saturated rings. The summed E-state index contributed by atoms with van der Waals surface area (Å²) in [5.74, 6) is -0.732. The quantitative estimate of drug-likeness (QED) is 0.558. The Hall–Kier alpha value is -0.0351. The first-order chi connectivity index (χ1) is 6.02. The normalized spacial score (nSPS) is 23.8. The summed E-state index contributed by atoms with van der Waals surface area (Å²) in [7, 11) is 4.45. The summed E-state index contributed by atoms with van der Waals surface area (Å²) in [5, 5.41) is 8.73. The van der Waals surface area contributed by atoms with Gasteiger partial charge in [-0.05, 0) is 25.7 Å². The zero-order valence-corrected chi connectivity index (χ0v) is 9.09. The fourth-order valence-corrected chi connectivity index (χ4v) is 4.48. The summed E-state index contributed by atoms with van der Waals surface area (Å²) in [6.07, 6.45) is 6.26. The molecule has 1 unspecified atom stereocenters. The van der Waals surface area contributed by atoms with E-state index in [0.29, 0.717) is 5.66 Å². The van der Waals surface area contributed by atoms with Crippen molar-refractivity contribution < 1.29 is 9.90 Å². The highest BCUT2D eigenvalue weighted by Crippen LogP contribution is 2.58. The van der Waals surface area contributed by atoms with Crippen LogP contribution < -0.4 is 0 Å². The predicted molar refractivity (Wildman–Crippen MR) is 58.0 cm³/mol. The summed E-state index contributed by atoms with van der Waals surface area (Å²) < 4.78 is 0. The Labute approximate surface area is 81.8 Å². The molecular formula is C9H17BO2P. The van der Waals surface area contributed by atoms with Gasteiger partial charge in [-0.15, -0.1) is 0 Å². The summed E-state index contributed by atoms with van der Waals surface area (Å²) in [6, 6.07) is 0. The molecule has 1 atom stereocenters. The van der Waals surface area contributed by atoms with Gasteiger partial charge in [-0.1, -0.05) is 6.42 Å². The molecule has 0 amide bonds. The molecule has 1 aliphatic carbocycles. The minimum absolute atomic E-state index is 0.206. The lowest BCUT2D eigenvalue weighted by molar-refractivity contribution is -0.134. The number of aliphatic carboxylic acids is 1. The summed E-state index contributed by atoms with van der Waals surface area (Å²) in [5.41, 5.74) is 0.511. The molecule has 1 rings (SSSR count). The summed E-state index contributed by atoms with van der Waals surface area (Å²) in [4.78, 5) is 10.6. The minimum Gasteiger partial charge on any atom is -0.479 e. The Balaban J connectivity index is 2.50. The van der Waals surface area contributed by atoms with E-state index >= 15 is 0 Å². The van der Waals surface area contributed by atoms with E-state index in [0.717, 1.165) is 12.8 Å². The van der Waals surface area contributed by atoms with Gasteiger partial charge < -0.3 is 12.7 Å². The average molecular weight is 199 g/mol. The number of carboxylic acids is 1. The van der Waals surface area contributed by atoms with Gasteiger partial charge in [0, 0.05) is 12.3 Å². The second kappa shape index (κ2) is 4.46. The molecular weight excluding hydrogens is 182 g/mol. The van der Waals surface area contributed by atoms with Crippen molar-refractivity contribution in [3.05, 3.63) is 0 Å². The molecule has 13 heavy (non-hydrogen) atoms. The first-order valence-corrected chi connectivity index (χ1v) is 7.44. The third-order valence-corrected chi connectivity index (χ3v) is 6.02. The van der Waals surface area contributed by atoms with Gasteiger partial charge in [0.25, 0.3) is 0 Å². The van der Waals surface area contributed by atoms with Crippen LogP contribution in [0, 0.1) is 0 Å². The molecule has 0 saturated heterocycles. The van der Waals surface area contributed by atoms with Crippen molar-refractivity contribution in [3.63, 3.8) is 0 Å². The van der Waals surface area contributed by atoms with E-state index in [1.807, 2.05) is 6.66 Å². The van der Waals surface area contributed by atoms with Gasteiger partial charge in [0.2, 0.25) is 0 Å². The van der Waals surface area contributed by atoms with Crippen LogP contribution in [0.1, 0.15) is 32.1 Å². The van der Waals surface area contributed by atoms with Crippen molar-refractivity contribution in [2.75, 3.05) is 12.8 Å². The Kier molecular flexibility index (Phi) is 3.79. The van der Waals surface area contributed by atoms with Gasteiger partial charge >= 0.3 is 5.97 Å². The zero-order chi connectivity index (χ0) is 9.90. The van der Waals surface area contributed by atoms with Crippen molar-refractivity contribution >= 4 is 20.7 Å². The standard InChI is InChI=1S/C9H16BO2P/c1-13(10,7-9(11)12)8-5-3-2-4-6-8/h8H,2-7H2,1H3/q-1/p+1. The van der Waals surface area contributed by atoms with Crippen LogP contribution in [0.5, 0.6) is 0 Å². The molecule has 0 spiro atoms. The number of rotatable bonds is 3. The lowest BCUT2D eigenvalue weighted by atomic mass is 10.0. The molecule has 0 aromatic rings. The lowest BCUT2D eigenvalue weighted by Gasteiger charge is -2.41. The van der Waals surface area contributed by atoms with Crippen LogP contribution in [0.2, 0.25) is 0 Å². The van der Waals surface area contributed by atoms with Crippen LogP contribution in [0.4, 0.5) is 0 Å². The molecule has 0 bridgehead atoms. The first kappa shape index (κ1) is 11.0. The predicted octanol–water partition coefficient (Wildman–Crippen LogP) is 2.13. The first-order valence-electron chi connectivity index (χ1n) is 4.88. The van der Waals surface area contributed by atoms with Gasteiger partial charge in [0.1, 0.15) is 6.16 Å². The molecule has 2 nitrogen and oxygen atoms in total. The highest BCUT2D eigenvalue weighted by Gasteiger charge is 2.28. The SMILES string of the molecule is [B-][P+](C)(CC(=O)O)C1CCCCC1. The Morgan fingerprint density at radius 1 is 1.46 bits per heavy atom. The fourth-order valence-electron chi connectivity index (χ4n) is 2.09. The third kappa shape index (κ3) is 3.30. The number of hydrogen-bond acceptors (Lipinski definition) is 1. The molecule has 4 heteroatoms. The van der Waals surface area contributed by atoms with E-state index in [9.17, 15) is 4.79 Å². The maximum absolute atomic E-state index is 10.6. The number of hydrogen-bond donors (Lipinski definition) is 1. The van der Waals surface area contributed by atoms with Gasteiger partial charge in [0.15, 0.2) is 0 Å². The number of carbonyl (C=O) groups is 1. The van der Waals surface area contributed by atoms with Crippen molar-refractivity contribution in [2.24, 2.45) is 0 Å². The van der Waals surface area contributed by atoms with Crippen molar-refractivity contribution in [1.29, 1.82) is 0 Å². The maximum atomic E-state index is 10.6. The van der Waals surface area contributed by atoms with E-state index in [1.54, 1.807) is 0 Å². The second-order valence-corrected chi connectivity index (χ2v) is 7.93. The zero-order valence-electron chi connectivity index (χ0n) is 8.20. The Morgan fingerprint density at radius 2 is 2.00 bits per heavy atom. The Bertz CT molecular complexity index is 188. The van der Waals surface area contributed by atoms with Crippen molar-refractivity contribution in [2.45, 2.75) is 37.8 Å². The Morgan fingerprint density at radius 3 is 2.46 bits per heavy atom. The molecule has 3 radical (unpaired) electrons. The topological polar surface area (TPSA) is 37.3 Å². The molecule has 0 aliphatic heterocycles. The van der Waals surface area contributed by atoms with E-state index < -0.39 is 13.1 Å². The summed E-state index contributed by atoms with van der Waals surface area (Å²) in [6.45, 7) is 1.98. The lowest BCUT2D eigenvalue weighted by Crippen LogP contribution is -2.22. The van der Waals surface area contributed by atoms with Crippen LogP contribution in [-0.2, 0) is 4.79 Å². The van der Waals surface area contributed by atoms with Crippen LogP contribution in [0.15, 0.2) is 0 Å². The van der Waals surface area contributed by atoms with E-state index in [1.165, 1.54) is 19.3 Å². The molecule has 0 heterocycles. The van der Waals surface area contributed by atoms with Gasteiger partial charge in [-0.3, -0.25) is 0 Å². The van der Waals surface area contributed by atoms with Crippen LogP contribution >= 0.6 is 7.14 Å².